The Bertz CT molecular complexity index is 767. The van der Waals surface area contributed by atoms with Gasteiger partial charge in [-0.1, -0.05) is 0 Å². The van der Waals surface area contributed by atoms with Gasteiger partial charge in [-0.2, -0.15) is 0 Å². The van der Waals surface area contributed by atoms with Crippen LogP contribution < -0.4 is 4.74 Å². The highest BCUT2D eigenvalue weighted by molar-refractivity contribution is 7.21. The van der Waals surface area contributed by atoms with E-state index in [1.54, 1.807) is 12.0 Å². The van der Waals surface area contributed by atoms with Gasteiger partial charge < -0.3 is 14.7 Å². The number of likely N-dealkylation sites (tertiary alicyclic amines) is 1. The molecule has 2 heterocycles. The number of methoxy groups -OCH3 is 1. The zero-order valence-corrected chi connectivity index (χ0v) is 14.0. The second-order valence-electron chi connectivity index (χ2n) is 5.81. The largest absolute Gasteiger partial charge is 0.497 e. The average molecular weight is 333 g/mol. The van der Waals surface area contributed by atoms with Crippen molar-refractivity contribution in [2.75, 3.05) is 13.7 Å². The summed E-state index contributed by atoms with van der Waals surface area (Å²) in [5, 5.41) is 10.0. The van der Waals surface area contributed by atoms with E-state index in [-0.39, 0.29) is 18.4 Å². The number of amides is 1. The van der Waals surface area contributed by atoms with Crippen molar-refractivity contribution in [3.8, 4) is 5.75 Å². The minimum atomic E-state index is -0.854. The van der Waals surface area contributed by atoms with E-state index in [1.165, 1.54) is 11.3 Å². The van der Waals surface area contributed by atoms with Crippen molar-refractivity contribution in [3.63, 3.8) is 0 Å². The van der Waals surface area contributed by atoms with Crippen molar-refractivity contribution >= 4 is 33.3 Å². The van der Waals surface area contributed by atoms with Gasteiger partial charge in [0.2, 0.25) is 0 Å². The number of ether oxygens (including phenoxy) is 1. The predicted molar refractivity (Wildman–Crippen MR) is 89.4 cm³/mol. The third kappa shape index (κ3) is 2.91. The first-order valence-corrected chi connectivity index (χ1v) is 8.43. The number of carbonyl (C=O) groups excluding carboxylic acids is 1. The first kappa shape index (κ1) is 15.8. The minimum absolute atomic E-state index is 0.0174. The molecular weight excluding hydrogens is 314 g/mol. The number of benzene rings is 1. The number of carbonyl (C=O) groups is 2. The fourth-order valence-corrected chi connectivity index (χ4v) is 4.32. The quantitative estimate of drug-likeness (QED) is 0.932. The number of rotatable bonds is 4. The highest BCUT2D eigenvalue weighted by Gasteiger charge is 2.32. The Hall–Kier alpha value is -2.08. The number of aliphatic carboxylic acids is 1. The molecule has 1 N–H and O–H groups in total. The van der Waals surface area contributed by atoms with E-state index < -0.39 is 5.97 Å². The van der Waals surface area contributed by atoms with Gasteiger partial charge >= 0.3 is 5.97 Å². The second-order valence-corrected chi connectivity index (χ2v) is 6.86. The molecular formula is C17H19NO4S. The van der Waals surface area contributed by atoms with Gasteiger partial charge in [0.25, 0.3) is 5.91 Å². The summed E-state index contributed by atoms with van der Waals surface area (Å²) in [7, 11) is 1.62. The van der Waals surface area contributed by atoms with Gasteiger partial charge in [0.05, 0.1) is 18.4 Å². The molecule has 0 bridgehead atoms. The minimum Gasteiger partial charge on any atom is -0.497 e. The summed E-state index contributed by atoms with van der Waals surface area (Å²) in [6.45, 7) is 2.57. The number of nitrogens with zero attached hydrogens (tertiary/aromatic N) is 1. The predicted octanol–water partition coefficient (Wildman–Crippen LogP) is 3.30. The van der Waals surface area contributed by atoms with Crippen molar-refractivity contribution in [2.45, 2.75) is 32.2 Å². The van der Waals surface area contributed by atoms with E-state index in [1.807, 2.05) is 25.1 Å². The molecule has 2 aromatic rings. The topological polar surface area (TPSA) is 66.8 Å². The molecule has 1 aliphatic rings. The van der Waals surface area contributed by atoms with Crippen LogP contribution in [0, 0.1) is 6.92 Å². The normalized spacial score (nSPS) is 17.7. The van der Waals surface area contributed by atoms with Crippen molar-refractivity contribution in [3.05, 3.63) is 28.6 Å². The Kier molecular flexibility index (Phi) is 4.26. The van der Waals surface area contributed by atoms with Gasteiger partial charge in [-0.05, 0) is 48.9 Å². The molecule has 3 rings (SSSR count). The Balaban J connectivity index is 1.94. The Morgan fingerprint density at radius 2 is 2.22 bits per heavy atom. The highest BCUT2D eigenvalue weighted by Crippen LogP contribution is 2.35. The molecule has 0 spiro atoms. The van der Waals surface area contributed by atoms with Crippen LogP contribution in [0.25, 0.3) is 10.1 Å². The molecule has 1 atom stereocenters. The summed E-state index contributed by atoms with van der Waals surface area (Å²) < 4.78 is 6.29. The van der Waals surface area contributed by atoms with Crippen LogP contribution in [0.4, 0.5) is 0 Å². The van der Waals surface area contributed by atoms with Crippen molar-refractivity contribution in [1.29, 1.82) is 0 Å². The maximum Gasteiger partial charge on any atom is 0.305 e. The Labute approximate surface area is 138 Å². The molecule has 6 heteroatoms. The van der Waals surface area contributed by atoms with Gasteiger partial charge in [-0.15, -0.1) is 11.3 Å². The van der Waals surface area contributed by atoms with Crippen LogP contribution in [-0.4, -0.2) is 41.6 Å². The molecule has 122 valence electrons. The molecule has 1 aliphatic heterocycles. The summed E-state index contributed by atoms with van der Waals surface area (Å²) in [4.78, 5) is 26.3. The molecule has 5 nitrogen and oxygen atoms in total. The van der Waals surface area contributed by atoms with E-state index in [9.17, 15) is 9.59 Å². The summed E-state index contributed by atoms with van der Waals surface area (Å²) in [6.07, 6.45) is 1.64. The second kappa shape index (κ2) is 6.20. The van der Waals surface area contributed by atoms with E-state index in [0.29, 0.717) is 11.4 Å². The van der Waals surface area contributed by atoms with Crippen LogP contribution in [0.3, 0.4) is 0 Å². The maximum absolute atomic E-state index is 12.9. The van der Waals surface area contributed by atoms with Crippen LogP contribution in [0.2, 0.25) is 0 Å². The van der Waals surface area contributed by atoms with Gasteiger partial charge in [0, 0.05) is 17.3 Å². The van der Waals surface area contributed by atoms with Crippen LogP contribution in [0.15, 0.2) is 18.2 Å². The van der Waals surface area contributed by atoms with Gasteiger partial charge in [0.15, 0.2) is 0 Å². The van der Waals surface area contributed by atoms with Gasteiger partial charge in [0.1, 0.15) is 5.75 Å². The SMILES string of the molecule is COc1ccc2sc(C(=O)N3CCCC3CC(=O)O)c(C)c2c1. The summed E-state index contributed by atoms with van der Waals surface area (Å²) in [5.41, 5.74) is 0.940. The van der Waals surface area contributed by atoms with Gasteiger partial charge in [-0.3, -0.25) is 9.59 Å². The standard InChI is InChI=1S/C17H19NO4S/c1-10-13-9-12(22-2)5-6-14(13)23-16(10)17(21)18-7-3-4-11(18)8-15(19)20/h5-6,9,11H,3-4,7-8H2,1-2H3,(H,19,20). The van der Waals surface area contributed by atoms with E-state index in [4.69, 9.17) is 9.84 Å². The van der Waals surface area contributed by atoms with Crippen LogP contribution in [0.5, 0.6) is 5.75 Å². The lowest BCUT2D eigenvalue weighted by molar-refractivity contribution is -0.137. The van der Waals surface area contributed by atoms with Gasteiger partial charge in [-0.25, -0.2) is 0 Å². The summed E-state index contributed by atoms with van der Waals surface area (Å²) in [6, 6.07) is 5.59. The Morgan fingerprint density at radius 3 is 2.91 bits per heavy atom. The van der Waals surface area contributed by atoms with Crippen LogP contribution >= 0.6 is 11.3 Å². The van der Waals surface area contributed by atoms with Crippen molar-refractivity contribution in [2.24, 2.45) is 0 Å². The van der Waals surface area contributed by atoms with E-state index >= 15 is 0 Å². The maximum atomic E-state index is 12.9. The molecule has 23 heavy (non-hydrogen) atoms. The van der Waals surface area contributed by atoms with E-state index in [0.717, 1.165) is 34.2 Å². The lowest BCUT2D eigenvalue weighted by atomic mass is 10.1. The molecule has 0 aliphatic carbocycles. The average Bonchev–Trinajstić information content (AvgIpc) is 3.11. The number of hydrogen-bond acceptors (Lipinski definition) is 4. The molecule has 1 aromatic carbocycles. The molecule has 0 saturated carbocycles. The summed E-state index contributed by atoms with van der Waals surface area (Å²) in [5.74, 6) is -0.138. The van der Waals surface area contributed by atoms with Crippen LogP contribution in [-0.2, 0) is 4.79 Å². The molecule has 1 fully saturated rings. The number of carboxylic acid groups (broad SMARTS) is 1. The first-order valence-electron chi connectivity index (χ1n) is 7.61. The smallest absolute Gasteiger partial charge is 0.305 e. The Morgan fingerprint density at radius 1 is 1.43 bits per heavy atom. The molecule has 1 saturated heterocycles. The highest BCUT2D eigenvalue weighted by atomic mass is 32.1. The number of aryl methyl sites for hydroxylation is 1. The molecule has 1 unspecified atom stereocenters. The number of thiophene rings is 1. The zero-order valence-electron chi connectivity index (χ0n) is 13.2. The third-order valence-electron chi connectivity index (χ3n) is 4.39. The zero-order chi connectivity index (χ0) is 16.6. The third-order valence-corrected chi connectivity index (χ3v) is 5.65. The van der Waals surface area contributed by atoms with E-state index in [2.05, 4.69) is 0 Å². The van der Waals surface area contributed by atoms with Crippen LogP contribution in [0.1, 0.15) is 34.5 Å². The summed E-state index contributed by atoms with van der Waals surface area (Å²) >= 11 is 1.46. The first-order chi connectivity index (χ1) is 11.0. The number of fused-ring (bicyclic) bond motifs is 1. The number of carboxylic acids is 1. The van der Waals surface area contributed by atoms with Crippen molar-refractivity contribution in [1.82, 2.24) is 4.90 Å². The molecule has 1 amide bonds. The lowest BCUT2D eigenvalue weighted by Crippen LogP contribution is -2.36. The van der Waals surface area contributed by atoms with Crippen molar-refractivity contribution < 1.29 is 19.4 Å². The molecule has 0 radical (unpaired) electrons. The monoisotopic (exact) mass is 333 g/mol. The number of hydrogen-bond donors (Lipinski definition) is 1. The molecule has 1 aromatic heterocycles. The lowest BCUT2D eigenvalue weighted by Gasteiger charge is -2.23. The fourth-order valence-electron chi connectivity index (χ4n) is 3.18. The fraction of sp³-hybridized carbons (Fsp3) is 0.412.